The van der Waals surface area contributed by atoms with Gasteiger partial charge in [-0.1, -0.05) is 0 Å². The van der Waals surface area contributed by atoms with E-state index in [4.69, 9.17) is 0 Å². The summed E-state index contributed by atoms with van der Waals surface area (Å²) in [6, 6.07) is 3.76. The van der Waals surface area contributed by atoms with E-state index in [9.17, 15) is 9.90 Å². The van der Waals surface area contributed by atoms with E-state index in [0.717, 1.165) is 8.66 Å². The molecule has 0 aliphatic carbocycles. The molecule has 3 nitrogen and oxygen atoms in total. The minimum Gasteiger partial charge on any atom is -0.481 e. The van der Waals surface area contributed by atoms with Gasteiger partial charge < -0.3 is 10.4 Å². The number of hydrogen-bond acceptors (Lipinski definition) is 3. The lowest BCUT2D eigenvalue weighted by atomic mass is 9.85. The molecule has 0 aliphatic heterocycles. The maximum absolute atomic E-state index is 11.3. The van der Waals surface area contributed by atoms with E-state index in [1.165, 1.54) is 11.3 Å². The van der Waals surface area contributed by atoms with E-state index < -0.39 is 11.4 Å². The molecule has 0 amide bonds. The van der Waals surface area contributed by atoms with Gasteiger partial charge in [0.15, 0.2) is 0 Å². The number of carboxylic acid groups (broad SMARTS) is 1. The van der Waals surface area contributed by atoms with E-state index in [2.05, 4.69) is 21.2 Å². The average molecular weight is 292 g/mol. The highest BCUT2D eigenvalue weighted by atomic mass is 79.9. The molecule has 1 heterocycles. The van der Waals surface area contributed by atoms with Crippen molar-refractivity contribution in [3.63, 3.8) is 0 Å². The Bertz CT molecular complexity index is 353. The molecule has 1 atom stereocenters. The Morgan fingerprint density at radius 1 is 1.67 bits per heavy atom. The Morgan fingerprint density at radius 3 is 2.73 bits per heavy atom. The van der Waals surface area contributed by atoms with Crippen LogP contribution in [0.1, 0.15) is 18.2 Å². The van der Waals surface area contributed by atoms with Gasteiger partial charge in [0.1, 0.15) is 5.41 Å². The number of carbonyl (C=O) groups is 1. The lowest BCUT2D eigenvalue weighted by molar-refractivity contribution is -0.143. The highest BCUT2D eigenvalue weighted by Crippen LogP contribution is 2.35. The van der Waals surface area contributed by atoms with Gasteiger partial charge in [-0.05, 0) is 55.0 Å². The van der Waals surface area contributed by atoms with Gasteiger partial charge in [-0.25, -0.2) is 0 Å². The van der Waals surface area contributed by atoms with Crippen molar-refractivity contribution in [1.29, 1.82) is 0 Å². The Morgan fingerprint density at radius 2 is 2.33 bits per heavy atom. The summed E-state index contributed by atoms with van der Waals surface area (Å²) in [7, 11) is 1.83. The van der Waals surface area contributed by atoms with Crippen LogP contribution < -0.4 is 5.32 Å². The lowest BCUT2D eigenvalue weighted by Gasteiger charge is -2.23. The summed E-state index contributed by atoms with van der Waals surface area (Å²) in [5.74, 6) is -0.771. The quantitative estimate of drug-likeness (QED) is 0.876. The minimum absolute atomic E-state index is 0.589. The van der Waals surface area contributed by atoms with Gasteiger partial charge in [-0.2, -0.15) is 0 Å². The summed E-state index contributed by atoms with van der Waals surface area (Å²) in [5.41, 5.74) is -0.792. The predicted molar refractivity (Wildman–Crippen MR) is 65.6 cm³/mol. The van der Waals surface area contributed by atoms with Gasteiger partial charge in [-0.15, -0.1) is 11.3 Å². The molecule has 5 heteroatoms. The van der Waals surface area contributed by atoms with Crippen LogP contribution in [0.5, 0.6) is 0 Å². The van der Waals surface area contributed by atoms with Crippen LogP contribution in [0.25, 0.3) is 0 Å². The number of hydrogen-bond donors (Lipinski definition) is 2. The van der Waals surface area contributed by atoms with Crippen LogP contribution in [0.2, 0.25) is 0 Å². The first-order chi connectivity index (χ1) is 7.00. The second-order valence-electron chi connectivity index (χ2n) is 3.59. The molecule has 0 saturated carbocycles. The SMILES string of the molecule is CNCCC(C)(C(=O)O)c1ccc(Br)s1. The molecular formula is C10H14BrNO2S. The van der Waals surface area contributed by atoms with Crippen LogP contribution in [0.4, 0.5) is 0 Å². The first kappa shape index (κ1) is 12.7. The zero-order valence-electron chi connectivity index (χ0n) is 8.71. The molecule has 0 fully saturated rings. The second kappa shape index (κ2) is 5.09. The van der Waals surface area contributed by atoms with Crippen molar-refractivity contribution < 1.29 is 9.90 Å². The van der Waals surface area contributed by atoms with Crippen LogP contribution >= 0.6 is 27.3 Å². The molecular weight excluding hydrogens is 278 g/mol. The topological polar surface area (TPSA) is 49.3 Å². The lowest BCUT2D eigenvalue weighted by Crippen LogP contribution is -2.34. The minimum atomic E-state index is -0.792. The molecule has 0 saturated heterocycles. The van der Waals surface area contributed by atoms with Crippen molar-refractivity contribution >= 4 is 33.2 Å². The molecule has 2 N–H and O–H groups in total. The van der Waals surface area contributed by atoms with Crippen molar-refractivity contribution in [2.75, 3.05) is 13.6 Å². The van der Waals surface area contributed by atoms with Gasteiger partial charge in [0, 0.05) is 4.88 Å². The van der Waals surface area contributed by atoms with Crippen LogP contribution in [0, 0.1) is 0 Å². The molecule has 1 aromatic heterocycles. The monoisotopic (exact) mass is 291 g/mol. The van der Waals surface area contributed by atoms with E-state index in [1.807, 2.05) is 19.2 Å². The van der Waals surface area contributed by atoms with E-state index in [-0.39, 0.29) is 0 Å². The van der Waals surface area contributed by atoms with Crippen LogP contribution in [-0.2, 0) is 10.2 Å². The van der Waals surface area contributed by atoms with Crippen LogP contribution in [-0.4, -0.2) is 24.7 Å². The second-order valence-corrected chi connectivity index (χ2v) is 6.06. The highest BCUT2D eigenvalue weighted by Gasteiger charge is 2.35. The molecule has 0 spiro atoms. The molecule has 84 valence electrons. The van der Waals surface area contributed by atoms with Gasteiger partial charge >= 0.3 is 5.97 Å². The maximum Gasteiger partial charge on any atom is 0.314 e. The third kappa shape index (κ3) is 2.80. The number of aliphatic carboxylic acids is 1. The number of thiophene rings is 1. The summed E-state index contributed by atoms with van der Waals surface area (Å²) in [6.45, 7) is 2.46. The number of nitrogens with one attached hydrogen (secondary N) is 1. The highest BCUT2D eigenvalue weighted by molar-refractivity contribution is 9.11. The fourth-order valence-corrected chi connectivity index (χ4v) is 2.87. The fourth-order valence-electron chi connectivity index (χ4n) is 1.32. The van der Waals surface area contributed by atoms with Gasteiger partial charge in [0.05, 0.1) is 3.79 Å². The van der Waals surface area contributed by atoms with Crippen molar-refractivity contribution in [1.82, 2.24) is 5.32 Å². The summed E-state index contributed by atoms with van der Waals surface area (Å²) in [6.07, 6.45) is 0.589. The number of carboxylic acids is 1. The molecule has 0 aliphatic rings. The molecule has 1 aromatic rings. The normalized spacial score (nSPS) is 14.9. The zero-order chi connectivity index (χ0) is 11.5. The fraction of sp³-hybridized carbons (Fsp3) is 0.500. The van der Waals surface area contributed by atoms with Crippen molar-refractivity contribution in [3.8, 4) is 0 Å². The summed E-state index contributed by atoms with van der Waals surface area (Å²) >= 11 is 4.83. The van der Waals surface area contributed by atoms with Crippen molar-refractivity contribution in [3.05, 3.63) is 20.8 Å². The van der Waals surface area contributed by atoms with Crippen LogP contribution in [0.3, 0.4) is 0 Å². The van der Waals surface area contributed by atoms with E-state index in [1.54, 1.807) is 6.92 Å². The molecule has 1 rings (SSSR count). The standard InChI is InChI=1S/C10H14BrNO2S/c1-10(9(13)14,5-6-12-2)7-3-4-8(11)15-7/h3-4,12H,5-6H2,1-2H3,(H,13,14). The predicted octanol–water partition coefficient (Wildman–Crippen LogP) is 2.46. The first-order valence-electron chi connectivity index (χ1n) is 4.64. The molecule has 0 bridgehead atoms. The molecule has 0 radical (unpaired) electrons. The largest absolute Gasteiger partial charge is 0.481 e. The Kier molecular flexibility index (Phi) is 4.31. The zero-order valence-corrected chi connectivity index (χ0v) is 11.1. The summed E-state index contributed by atoms with van der Waals surface area (Å²) in [5, 5.41) is 12.3. The smallest absolute Gasteiger partial charge is 0.314 e. The average Bonchev–Trinajstić information content (AvgIpc) is 2.61. The Hall–Kier alpha value is -0.390. The Balaban J connectivity index is 2.95. The van der Waals surface area contributed by atoms with Gasteiger partial charge in [0.2, 0.25) is 0 Å². The van der Waals surface area contributed by atoms with Gasteiger partial charge in [-0.3, -0.25) is 4.79 Å². The molecule has 0 aromatic carbocycles. The number of rotatable bonds is 5. The Labute approximate surface area is 102 Å². The van der Waals surface area contributed by atoms with Crippen molar-refractivity contribution in [2.24, 2.45) is 0 Å². The molecule has 15 heavy (non-hydrogen) atoms. The third-order valence-electron chi connectivity index (χ3n) is 2.46. The first-order valence-corrected chi connectivity index (χ1v) is 6.25. The van der Waals surface area contributed by atoms with E-state index >= 15 is 0 Å². The molecule has 1 unspecified atom stereocenters. The van der Waals surface area contributed by atoms with Crippen molar-refractivity contribution in [2.45, 2.75) is 18.8 Å². The third-order valence-corrected chi connectivity index (χ3v) is 4.35. The number of halogens is 1. The summed E-state index contributed by atoms with van der Waals surface area (Å²) < 4.78 is 0.967. The van der Waals surface area contributed by atoms with E-state index in [0.29, 0.717) is 13.0 Å². The summed E-state index contributed by atoms with van der Waals surface area (Å²) in [4.78, 5) is 12.2. The maximum atomic E-state index is 11.3. The van der Waals surface area contributed by atoms with Gasteiger partial charge in [0.25, 0.3) is 0 Å². The van der Waals surface area contributed by atoms with Crippen LogP contribution in [0.15, 0.2) is 15.9 Å².